The van der Waals surface area contributed by atoms with E-state index >= 15 is 0 Å². The molecule has 0 spiro atoms. The van der Waals surface area contributed by atoms with Gasteiger partial charge in [0.25, 0.3) is 0 Å². The first-order valence-corrected chi connectivity index (χ1v) is 9.12. The maximum absolute atomic E-state index is 11.8. The third-order valence-electron chi connectivity index (χ3n) is 3.41. The quantitative estimate of drug-likeness (QED) is 0.448. The minimum atomic E-state index is -1.14. The number of hydrogen-bond acceptors (Lipinski definition) is 4. The number of nitrogens with one attached hydrogen (secondary N) is 1. The summed E-state index contributed by atoms with van der Waals surface area (Å²) in [7, 11) is 0. The minimum absolute atomic E-state index is 0.0533. The number of nitrogens with zero attached hydrogens (tertiary/aromatic N) is 1. The molecule has 4 nitrogen and oxygen atoms in total. The van der Waals surface area contributed by atoms with Crippen molar-refractivity contribution in [3.05, 3.63) is 55.8 Å². The highest BCUT2D eigenvalue weighted by Crippen LogP contribution is 2.36. The topological polar surface area (TPSA) is 51.0 Å². The second-order valence-electron chi connectivity index (χ2n) is 5.02. The summed E-state index contributed by atoms with van der Waals surface area (Å²) in [6.45, 7) is 1.58. The summed E-state index contributed by atoms with van der Waals surface area (Å²) in [6, 6.07) is 9.57. The van der Waals surface area contributed by atoms with Crippen LogP contribution in [0.2, 0.25) is 0 Å². The van der Waals surface area contributed by atoms with Crippen molar-refractivity contribution in [1.82, 2.24) is 4.90 Å². The third-order valence-corrected chi connectivity index (χ3v) is 5.53. The maximum Gasteiger partial charge on any atom is 0.215 e. The van der Waals surface area contributed by atoms with E-state index in [1.807, 2.05) is 35.2 Å². The van der Waals surface area contributed by atoms with Gasteiger partial charge in [0.1, 0.15) is 14.6 Å². The number of benzene rings is 1. The molecule has 2 rings (SSSR count). The Morgan fingerprint density at radius 2 is 1.70 bits per heavy atom. The number of rotatable bonds is 5. The van der Waals surface area contributed by atoms with Crippen molar-refractivity contribution in [3.8, 4) is 0 Å². The second-order valence-corrected chi connectivity index (χ2v) is 7.41. The molecule has 0 saturated carbocycles. The largest absolute Gasteiger partial charge is 0.595 e. The standard InChI is InChI=1S/C15H17Cl3N2O2S/c16-12(14(17)18)13(20(21)22)15(19-9-5-2-6-10-19)23-11-7-3-1-4-8-11/h1,3-4,7-8,20-21H,2,5-6,9-10H2/b15-13+. The first kappa shape index (κ1) is 18.9. The van der Waals surface area contributed by atoms with Crippen molar-refractivity contribution in [2.45, 2.75) is 24.2 Å². The van der Waals surface area contributed by atoms with Gasteiger partial charge >= 0.3 is 0 Å². The Kier molecular flexibility index (Phi) is 7.56. The van der Waals surface area contributed by atoms with Gasteiger partial charge in [-0.2, -0.15) is 5.23 Å². The molecule has 0 amide bonds. The van der Waals surface area contributed by atoms with Gasteiger partial charge in [-0.15, -0.1) is 0 Å². The summed E-state index contributed by atoms with van der Waals surface area (Å²) in [6.07, 6.45) is 3.17. The number of hydrogen-bond donors (Lipinski definition) is 2. The van der Waals surface area contributed by atoms with Crippen LogP contribution in [0.1, 0.15) is 19.3 Å². The fourth-order valence-electron chi connectivity index (χ4n) is 2.34. The lowest BCUT2D eigenvalue weighted by Crippen LogP contribution is -3.03. The highest BCUT2D eigenvalue weighted by Gasteiger charge is 2.27. The highest BCUT2D eigenvalue weighted by molar-refractivity contribution is 8.03. The van der Waals surface area contributed by atoms with E-state index < -0.39 is 5.23 Å². The van der Waals surface area contributed by atoms with Crippen molar-refractivity contribution in [1.29, 1.82) is 0 Å². The molecular weight excluding hydrogens is 379 g/mol. The van der Waals surface area contributed by atoms with Crippen LogP contribution >= 0.6 is 46.6 Å². The molecule has 1 aromatic rings. The van der Waals surface area contributed by atoms with Gasteiger partial charge in [-0.05, 0) is 31.4 Å². The van der Waals surface area contributed by atoms with Crippen LogP contribution < -0.4 is 5.23 Å². The molecular formula is C15H17Cl3N2O2S. The molecule has 0 bridgehead atoms. The van der Waals surface area contributed by atoms with E-state index in [0.717, 1.165) is 37.2 Å². The molecule has 1 aromatic carbocycles. The molecule has 1 fully saturated rings. The lowest BCUT2D eigenvalue weighted by atomic mass is 10.1. The average molecular weight is 396 g/mol. The van der Waals surface area contributed by atoms with E-state index in [1.165, 1.54) is 11.8 Å². The summed E-state index contributed by atoms with van der Waals surface area (Å²) < 4.78 is -0.243. The molecule has 1 unspecified atom stereocenters. The van der Waals surface area contributed by atoms with Crippen LogP contribution in [0.4, 0.5) is 0 Å². The zero-order valence-electron chi connectivity index (χ0n) is 12.3. The Labute approximate surface area is 154 Å². The first-order valence-electron chi connectivity index (χ1n) is 7.17. The number of allylic oxidation sites excluding steroid dienone is 1. The van der Waals surface area contributed by atoms with E-state index in [4.69, 9.17) is 34.8 Å². The van der Waals surface area contributed by atoms with Crippen molar-refractivity contribution >= 4 is 46.6 Å². The van der Waals surface area contributed by atoms with Crippen molar-refractivity contribution in [3.63, 3.8) is 0 Å². The normalized spacial score (nSPS) is 17.5. The number of halogens is 3. The maximum atomic E-state index is 11.8. The Morgan fingerprint density at radius 3 is 2.22 bits per heavy atom. The lowest BCUT2D eigenvalue weighted by Gasteiger charge is -2.32. The number of quaternary nitrogens is 1. The Morgan fingerprint density at radius 1 is 1.09 bits per heavy atom. The van der Waals surface area contributed by atoms with Crippen molar-refractivity contribution in [2.24, 2.45) is 0 Å². The molecule has 1 aliphatic rings. The zero-order chi connectivity index (χ0) is 16.8. The van der Waals surface area contributed by atoms with Gasteiger partial charge in [0.15, 0.2) is 0 Å². The molecule has 2 N–H and O–H groups in total. The van der Waals surface area contributed by atoms with Crippen LogP contribution in [0.15, 0.2) is 55.5 Å². The number of piperidine rings is 1. The molecule has 126 valence electrons. The molecule has 0 radical (unpaired) electrons. The number of thioether (sulfide) groups is 1. The van der Waals surface area contributed by atoms with Gasteiger partial charge in [-0.25, -0.2) is 5.21 Å². The molecule has 1 heterocycles. The smallest absolute Gasteiger partial charge is 0.215 e. The fourth-order valence-corrected chi connectivity index (χ4v) is 3.88. The zero-order valence-corrected chi connectivity index (χ0v) is 15.4. The molecule has 0 aliphatic carbocycles. The molecule has 1 saturated heterocycles. The van der Waals surface area contributed by atoms with Crippen LogP contribution in [0.3, 0.4) is 0 Å². The van der Waals surface area contributed by atoms with E-state index in [2.05, 4.69) is 0 Å². The molecule has 1 aliphatic heterocycles. The third kappa shape index (κ3) is 5.29. The van der Waals surface area contributed by atoms with Crippen molar-refractivity contribution in [2.75, 3.05) is 13.1 Å². The summed E-state index contributed by atoms with van der Waals surface area (Å²) in [4.78, 5) is 2.98. The highest BCUT2D eigenvalue weighted by atomic mass is 35.5. The van der Waals surface area contributed by atoms with Gasteiger partial charge in [0.2, 0.25) is 5.70 Å². The van der Waals surface area contributed by atoms with Gasteiger partial charge < -0.3 is 10.1 Å². The average Bonchev–Trinajstić information content (AvgIpc) is 2.55. The van der Waals surface area contributed by atoms with Crippen LogP contribution in [0.5, 0.6) is 0 Å². The Balaban J connectivity index is 2.48. The minimum Gasteiger partial charge on any atom is -0.595 e. The van der Waals surface area contributed by atoms with Crippen LogP contribution in [0.25, 0.3) is 0 Å². The van der Waals surface area contributed by atoms with Crippen LogP contribution in [-0.2, 0) is 0 Å². The first-order chi connectivity index (χ1) is 11.0. The SMILES string of the molecule is [O-][NH+](O)/C(C(Cl)=C(Cl)Cl)=C(/Sc1ccccc1)N1CCCCC1. The predicted octanol–water partition coefficient (Wildman–Crippen LogP) is 4.09. The van der Waals surface area contributed by atoms with E-state index in [9.17, 15) is 10.4 Å². The van der Waals surface area contributed by atoms with Gasteiger partial charge in [-0.1, -0.05) is 64.8 Å². The second kappa shape index (κ2) is 9.18. The Bertz CT molecular complexity index is 584. The molecule has 0 aromatic heterocycles. The lowest BCUT2D eigenvalue weighted by molar-refractivity contribution is -1.01. The Hall–Kier alpha value is -0.400. The molecule has 23 heavy (non-hydrogen) atoms. The van der Waals surface area contributed by atoms with Crippen molar-refractivity contribution < 1.29 is 10.4 Å². The molecule has 8 heteroatoms. The monoisotopic (exact) mass is 394 g/mol. The van der Waals surface area contributed by atoms with Gasteiger partial charge in [0, 0.05) is 18.0 Å². The molecule has 1 atom stereocenters. The van der Waals surface area contributed by atoms with Crippen LogP contribution in [-0.4, -0.2) is 23.2 Å². The number of hydroxylamine groups is 2. The van der Waals surface area contributed by atoms with Crippen LogP contribution in [0, 0.1) is 5.21 Å². The van der Waals surface area contributed by atoms with Gasteiger partial charge in [0.05, 0.1) is 0 Å². The summed E-state index contributed by atoms with van der Waals surface area (Å²) in [5, 5.41) is 20.7. The summed E-state index contributed by atoms with van der Waals surface area (Å²) >= 11 is 18.9. The summed E-state index contributed by atoms with van der Waals surface area (Å²) in [5.74, 6) is 0. The van der Waals surface area contributed by atoms with E-state index in [-0.39, 0.29) is 15.2 Å². The van der Waals surface area contributed by atoms with Gasteiger partial charge in [-0.3, -0.25) is 0 Å². The number of likely N-dealkylation sites (tertiary alicyclic amines) is 1. The van der Waals surface area contributed by atoms with E-state index in [1.54, 1.807) is 0 Å². The van der Waals surface area contributed by atoms with E-state index in [0.29, 0.717) is 5.03 Å². The fraction of sp³-hybridized carbons (Fsp3) is 0.333. The predicted molar refractivity (Wildman–Crippen MR) is 95.5 cm³/mol. The summed E-state index contributed by atoms with van der Waals surface area (Å²) in [5.41, 5.74) is -0.0533.